The highest BCUT2D eigenvalue weighted by atomic mass is 16.4. The average molecular weight is 364 g/mol. The number of nitrogens with zero attached hydrogens (tertiary/aromatic N) is 4. The molecule has 0 fully saturated rings. The molecule has 3 N–H and O–H groups in total. The van der Waals surface area contributed by atoms with Crippen molar-refractivity contribution in [3.05, 3.63) is 60.0 Å². The van der Waals surface area contributed by atoms with E-state index in [1.165, 1.54) is 0 Å². The van der Waals surface area contributed by atoms with Crippen molar-refractivity contribution in [1.82, 2.24) is 14.8 Å². The number of rotatable bonds is 5. The van der Waals surface area contributed by atoms with Gasteiger partial charge in [0.15, 0.2) is 0 Å². The molecular weight excluding hydrogens is 344 g/mol. The number of oxime groups is 1. The van der Waals surface area contributed by atoms with Gasteiger partial charge in [-0.25, -0.2) is 0 Å². The lowest BCUT2D eigenvalue weighted by atomic mass is 9.98. The van der Waals surface area contributed by atoms with E-state index in [0.717, 1.165) is 46.4 Å². The topological polar surface area (TPSA) is 104 Å². The Kier molecular flexibility index (Phi) is 4.70. The standard InChI is InChI=1S/C20H20N4O3/c25-12-16(26)10-24-11-18(20(22-24)13-5-7-21-8-6-13)15-1-3-17-14(9-15)2-4-19(17)23-27/h1,3,5-9,11,16,25-27H,2,4,10,12H2. The van der Waals surface area contributed by atoms with Crippen LogP contribution in [0.2, 0.25) is 0 Å². The lowest BCUT2D eigenvalue weighted by Gasteiger charge is -2.06. The Labute approximate surface area is 156 Å². The minimum Gasteiger partial charge on any atom is -0.411 e. The normalized spacial score (nSPS) is 15.9. The number of pyridine rings is 1. The van der Waals surface area contributed by atoms with E-state index in [1.54, 1.807) is 17.1 Å². The molecule has 138 valence electrons. The number of hydrogen-bond acceptors (Lipinski definition) is 6. The van der Waals surface area contributed by atoms with Crippen molar-refractivity contribution in [3.63, 3.8) is 0 Å². The molecule has 1 unspecified atom stereocenters. The molecule has 0 spiro atoms. The van der Waals surface area contributed by atoms with Crippen LogP contribution >= 0.6 is 0 Å². The zero-order valence-corrected chi connectivity index (χ0v) is 14.7. The summed E-state index contributed by atoms with van der Waals surface area (Å²) in [6, 6.07) is 9.85. The third-order valence-corrected chi connectivity index (χ3v) is 4.80. The molecule has 2 heterocycles. The van der Waals surface area contributed by atoms with Crippen LogP contribution in [0.5, 0.6) is 0 Å². The van der Waals surface area contributed by atoms with Crippen LogP contribution in [-0.2, 0) is 13.0 Å². The van der Waals surface area contributed by atoms with Crippen molar-refractivity contribution in [3.8, 4) is 22.4 Å². The van der Waals surface area contributed by atoms with Gasteiger partial charge in [0.1, 0.15) is 5.69 Å². The van der Waals surface area contributed by atoms with Gasteiger partial charge < -0.3 is 15.4 Å². The lowest BCUT2D eigenvalue weighted by Crippen LogP contribution is -2.20. The van der Waals surface area contributed by atoms with Crippen molar-refractivity contribution < 1.29 is 15.4 Å². The maximum atomic E-state index is 9.78. The summed E-state index contributed by atoms with van der Waals surface area (Å²) in [5, 5.41) is 36.0. The SMILES string of the molecule is OCC(O)Cn1cc(-c2ccc3c(c2)CCC3=NO)c(-c2ccncc2)n1. The Hall–Kier alpha value is -3.03. The molecule has 7 heteroatoms. The summed E-state index contributed by atoms with van der Waals surface area (Å²) in [6.07, 6.45) is 6.01. The van der Waals surface area contributed by atoms with Gasteiger partial charge in [0.05, 0.1) is 25.0 Å². The van der Waals surface area contributed by atoms with Crippen molar-refractivity contribution >= 4 is 5.71 Å². The summed E-state index contributed by atoms with van der Waals surface area (Å²) in [6.45, 7) is -0.108. The molecule has 1 aliphatic carbocycles. The van der Waals surface area contributed by atoms with Gasteiger partial charge in [-0.1, -0.05) is 23.4 Å². The maximum Gasteiger partial charge on any atom is 0.100 e. The van der Waals surface area contributed by atoms with Crippen LogP contribution in [0.25, 0.3) is 22.4 Å². The van der Waals surface area contributed by atoms with Gasteiger partial charge >= 0.3 is 0 Å². The molecule has 1 atom stereocenters. The minimum atomic E-state index is -0.869. The first kappa shape index (κ1) is 17.4. The summed E-state index contributed by atoms with van der Waals surface area (Å²) in [5.41, 5.74) is 6.49. The number of fused-ring (bicyclic) bond motifs is 1. The first-order chi connectivity index (χ1) is 13.2. The number of benzene rings is 1. The number of aliphatic hydroxyl groups excluding tert-OH is 2. The number of aromatic nitrogens is 3. The molecule has 4 rings (SSSR count). The van der Waals surface area contributed by atoms with Crippen molar-refractivity contribution in [1.29, 1.82) is 0 Å². The van der Waals surface area contributed by atoms with Crippen LogP contribution in [-0.4, -0.2) is 48.6 Å². The summed E-state index contributed by atoms with van der Waals surface area (Å²) in [7, 11) is 0. The first-order valence-electron chi connectivity index (χ1n) is 8.81. The summed E-state index contributed by atoms with van der Waals surface area (Å²) >= 11 is 0. The van der Waals surface area contributed by atoms with E-state index in [0.29, 0.717) is 5.71 Å². The summed E-state index contributed by atoms with van der Waals surface area (Å²) < 4.78 is 1.65. The molecule has 0 radical (unpaired) electrons. The average Bonchev–Trinajstić information content (AvgIpc) is 3.31. The maximum absolute atomic E-state index is 9.78. The van der Waals surface area contributed by atoms with E-state index in [1.807, 2.05) is 30.5 Å². The second-order valence-electron chi connectivity index (χ2n) is 6.60. The van der Waals surface area contributed by atoms with Gasteiger partial charge in [-0.05, 0) is 36.1 Å². The zero-order chi connectivity index (χ0) is 18.8. The van der Waals surface area contributed by atoms with E-state index in [2.05, 4.69) is 21.3 Å². The van der Waals surface area contributed by atoms with Crippen LogP contribution < -0.4 is 0 Å². The number of aliphatic hydroxyl groups is 2. The Morgan fingerprint density at radius 1 is 1.07 bits per heavy atom. The van der Waals surface area contributed by atoms with E-state index >= 15 is 0 Å². The Balaban J connectivity index is 1.80. The minimum absolute atomic E-state index is 0.209. The first-order valence-corrected chi connectivity index (χ1v) is 8.81. The molecular formula is C20H20N4O3. The van der Waals surface area contributed by atoms with Crippen molar-refractivity contribution in [2.75, 3.05) is 6.61 Å². The predicted octanol–water partition coefficient (Wildman–Crippen LogP) is 2.09. The predicted molar refractivity (Wildman–Crippen MR) is 101 cm³/mol. The molecule has 27 heavy (non-hydrogen) atoms. The highest BCUT2D eigenvalue weighted by molar-refractivity contribution is 6.04. The summed E-state index contributed by atoms with van der Waals surface area (Å²) in [4.78, 5) is 4.06. The van der Waals surface area contributed by atoms with Crippen LogP contribution in [0.1, 0.15) is 17.5 Å². The molecule has 0 amide bonds. The second kappa shape index (κ2) is 7.30. The molecule has 0 saturated heterocycles. The Morgan fingerprint density at radius 3 is 2.63 bits per heavy atom. The van der Waals surface area contributed by atoms with Crippen molar-refractivity contribution in [2.45, 2.75) is 25.5 Å². The Morgan fingerprint density at radius 2 is 1.89 bits per heavy atom. The van der Waals surface area contributed by atoms with Gasteiger partial charge in [0, 0.05) is 35.3 Å². The molecule has 0 saturated carbocycles. The monoisotopic (exact) mass is 364 g/mol. The van der Waals surface area contributed by atoms with Gasteiger partial charge in [-0.15, -0.1) is 0 Å². The molecule has 1 aromatic carbocycles. The fourth-order valence-corrected chi connectivity index (χ4v) is 3.46. The van der Waals surface area contributed by atoms with Crippen molar-refractivity contribution in [2.24, 2.45) is 5.16 Å². The van der Waals surface area contributed by atoms with E-state index < -0.39 is 6.10 Å². The molecule has 3 aromatic rings. The molecule has 1 aliphatic rings. The fraction of sp³-hybridized carbons (Fsp3) is 0.250. The third kappa shape index (κ3) is 3.34. The van der Waals surface area contributed by atoms with Crippen LogP contribution in [0.15, 0.2) is 54.1 Å². The van der Waals surface area contributed by atoms with Crippen LogP contribution in [0.3, 0.4) is 0 Å². The van der Waals surface area contributed by atoms with E-state index in [-0.39, 0.29) is 13.2 Å². The molecule has 7 nitrogen and oxygen atoms in total. The van der Waals surface area contributed by atoms with E-state index in [4.69, 9.17) is 10.3 Å². The van der Waals surface area contributed by atoms with Crippen LogP contribution in [0.4, 0.5) is 0 Å². The highest BCUT2D eigenvalue weighted by Crippen LogP contribution is 2.34. The van der Waals surface area contributed by atoms with Gasteiger partial charge in [0.25, 0.3) is 0 Å². The number of aryl methyl sites for hydroxylation is 1. The summed E-state index contributed by atoms with van der Waals surface area (Å²) in [5.74, 6) is 0. The number of hydrogen-bond donors (Lipinski definition) is 3. The van der Waals surface area contributed by atoms with Gasteiger partial charge in [0.2, 0.25) is 0 Å². The molecule has 2 aromatic heterocycles. The quantitative estimate of drug-likeness (QED) is 0.475. The van der Waals surface area contributed by atoms with Crippen LogP contribution in [0, 0.1) is 0 Å². The second-order valence-corrected chi connectivity index (χ2v) is 6.60. The molecule has 0 aliphatic heterocycles. The largest absolute Gasteiger partial charge is 0.411 e. The third-order valence-electron chi connectivity index (χ3n) is 4.80. The lowest BCUT2D eigenvalue weighted by molar-refractivity contribution is 0.0783. The Bertz CT molecular complexity index is 982. The smallest absolute Gasteiger partial charge is 0.100 e. The molecule has 0 bridgehead atoms. The zero-order valence-electron chi connectivity index (χ0n) is 14.7. The van der Waals surface area contributed by atoms with E-state index in [9.17, 15) is 5.11 Å². The van der Waals surface area contributed by atoms with Gasteiger partial charge in [-0.3, -0.25) is 9.67 Å². The van der Waals surface area contributed by atoms with Gasteiger partial charge in [-0.2, -0.15) is 5.10 Å². The fourth-order valence-electron chi connectivity index (χ4n) is 3.46. The highest BCUT2D eigenvalue weighted by Gasteiger charge is 2.21.